The Hall–Kier alpha value is -0.890. The van der Waals surface area contributed by atoms with Crippen LogP contribution in [0.3, 0.4) is 0 Å². The molecule has 0 amide bonds. The van der Waals surface area contributed by atoms with Gasteiger partial charge in [0.25, 0.3) is 0 Å². The van der Waals surface area contributed by atoms with Gasteiger partial charge in [-0.05, 0) is 72.4 Å². The van der Waals surface area contributed by atoms with E-state index in [9.17, 15) is 0 Å². The lowest BCUT2D eigenvalue weighted by atomic mass is 10.2. The Morgan fingerprint density at radius 1 is 1.50 bits per heavy atom. The number of rotatable bonds is 5. The Bertz CT molecular complexity index is 437. The fourth-order valence-electron chi connectivity index (χ4n) is 1.24. The van der Waals surface area contributed by atoms with Crippen LogP contribution in [0, 0.1) is 3.57 Å². The van der Waals surface area contributed by atoms with Crippen molar-refractivity contribution in [1.29, 1.82) is 0 Å². The molecule has 18 heavy (non-hydrogen) atoms. The molecule has 0 aromatic heterocycles. The van der Waals surface area contributed by atoms with Crippen LogP contribution in [-0.4, -0.2) is 24.5 Å². The first kappa shape index (κ1) is 15.2. The second-order valence-corrected chi connectivity index (χ2v) is 4.92. The van der Waals surface area contributed by atoms with Crippen molar-refractivity contribution in [3.8, 4) is 5.75 Å². The van der Waals surface area contributed by atoms with Crippen molar-refractivity contribution in [3.63, 3.8) is 0 Å². The second kappa shape index (κ2) is 8.25. The zero-order valence-electron chi connectivity index (χ0n) is 10.4. The summed E-state index contributed by atoms with van der Waals surface area (Å²) in [5.41, 5.74) is 3.74. The summed E-state index contributed by atoms with van der Waals surface area (Å²) in [6.07, 6.45) is 1.72. The minimum absolute atomic E-state index is 0.523. The van der Waals surface area contributed by atoms with Gasteiger partial charge < -0.3 is 10.1 Å². The van der Waals surface area contributed by atoms with E-state index in [-0.39, 0.29) is 0 Å². The van der Waals surface area contributed by atoms with Crippen LogP contribution in [0.2, 0.25) is 0 Å². The number of hydrogen-bond donors (Lipinski definition) is 2. The van der Waals surface area contributed by atoms with Crippen LogP contribution in [-0.2, 0) is 0 Å². The van der Waals surface area contributed by atoms with E-state index in [0.717, 1.165) is 21.4 Å². The molecule has 0 aliphatic heterocycles. The van der Waals surface area contributed by atoms with E-state index in [4.69, 9.17) is 17.0 Å². The maximum Gasteiger partial charge on any atom is 0.186 e. The Kier molecular flexibility index (Phi) is 6.96. The second-order valence-electron chi connectivity index (χ2n) is 3.35. The Balaban J connectivity index is 2.60. The molecule has 2 N–H and O–H groups in total. The average Bonchev–Trinajstić information content (AvgIpc) is 2.33. The van der Waals surface area contributed by atoms with Gasteiger partial charge in [-0.15, -0.1) is 0 Å². The first-order valence-corrected chi connectivity index (χ1v) is 7.15. The van der Waals surface area contributed by atoms with E-state index in [2.05, 4.69) is 38.4 Å². The molecule has 0 bridgehead atoms. The van der Waals surface area contributed by atoms with Crippen LogP contribution in [0.15, 0.2) is 23.3 Å². The average molecular weight is 377 g/mol. The number of nitrogens with one attached hydrogen (secondary N) is 2. The van der Waals surface area contributed by atoms with Crippen molar-refractivity contribution >= 4 is 46.1 Å². The van der Waals surface area contributed by atoms with Crippen LogP contribution in [0.4, 0.5) is 0 Å². The first-order chi connectivity index (χ1) is 8.67. The van der Waals surface area contributed by atoms with Crippen molar-refractivity contribution in [2.75, 3.05) is 13.2 Å². The van der Waals surface area contributed by atoms with Crippen LogP contribution in [0.25, 0.3) is 0 Å². The largest absolute Gasteiger partial charge is 0.493 e. The fourth-order valence-corrected chi connectivity index (χ4v) is 2.13. The van der Waals surface area contributed by atoms with Gasteiger partial charge >= 0.3 is 0 Å². The van der Waals surface area contributed by atoms with E-state index in [1.165, 1.54) is 0 Å². The third-order valence-electron chi connectivity index (χ3n) is 1.97. The summed E-state index contributed by atoms with van der Waals surface area (Å²) in [5.74, 6) is 0.895. The molecule has 98 valence electrons. The predicted molar refractivity (Wildman–Crippen MR) is 87.3 cm³/mol. The van der Waals surface area contributed by atoms with Crippen molar-refractivity contribution in [1.82, 2.24) is 10.7 Å². The molecule has 0 unspecified atom stereocenters. The smallest absolute Gasteiger partial charge is 0.186 e. The van der Waals surface area contributed by atoms with Gasteiger partial charge in [0.1, 0.15) is 5.75 Å². The summed E-state index contributed by atoms with van der Waals surface area (Å²) in [4.78, 5) is 0. The Morgan fingerprint density at radius 2 is 2.28 bits per heavy atom. The molecular formula is C12H16IN3OS. The molecule has 0 atom stereocenters. The molecule has 0 heterocycles. The number of hydrogen-bond acceptors (Lipinski definition) is 3. The highest BCUT2D eigenvalue weighted by molar-refractivity contribution is 14.1. The van der Waals surface area contributed by atoms with Crippen LogP contribution in [0.5, 0.6) is 5.75 Å². The topological polar surface area (TPSA) is 45.7 Å². The Labute approximate surface area is 126 Å². The van der Waals surface area contributed by atoms with E-state index < -0.39 is 0 Å². The van der Waals surface area contributed by atoms with Gasteiger partial charge in [-0.3, -0.25) is 5.43 Å². The van der Waals surface area contributed by atoms with E-state index in [0.29, 0.717) is 11.7 Å². The number of nitrogens with zero attached hydrogens (tertiary/aromatic N) is 1. The quantitative estimate of drug-likeness (QED) is 0.358. The SMILES string of the molecule is CCNC(=S)N/N=C\c1ccc(OCC)c(I)c1. The molecule has 1 rings (SSSR count). The zero-order chi connectivity index (χ0) is 13.4. The zero-order valence-corrected chi connectivity index (χ0v) is 13.3. The van der Waals surface area contributed by atoms with Gasteiger partial charge in [0.05, 0.1) is 16.4 Å². The van der Waals surface area contributed by atoms with Gasteiger partial charge in [-0.1, -0.05) is 0 Å². The molecule has 6 heteroatoms. The fraction of sp³-hybridized carbons (Fsp3) is 0.333. The van der Waals surface area contributed by atoms with Crippen LogP contribution >= 0.6 is 34.8 Å². The first-order valence-electron chi connectivity index (χ1n) is 5.66. The molecule has 0 aliphatic carbocycles. The number of halogens is 1. The summed E-state index contributed by atoms with van der Waals surface area (Å²) in [7, 11) is 0. The van der Waals surface area contributed by atoms with Gasteiger partial charge in [-0.25, -0.2) is 0 Å². The highest BCUT2D eigenvalue weighted by Crippen LogP contribution is 2.21. The standard InChI is InChI=1S/C12H16IN3OS/c1-3-14-12(18)16-15-8-9-5-6-11(17-4-2)10(13)7-9/h5-8H,3-4H2,1-2H3,(H2,14,16,18)/b15-8-. The van der Waals surface area contributed by atoms with Gasteiger partial charge in [0.15, 0.2) is 5.11 Å². The number of ether oxygens (including phenoxy) is 1. The number of benzene rings is 1. The molecule has 1 aromatic rings. The van der Waals surface area contributed by atoms with Crippen LogP contribution < -0.4 is 15.5 Å². The molecule has 1 aromatic carbocycles. The lowest BCUT2D eigenvalue weighted by Crippen LogP contribution is -2.31. The van der Waals surface area contributed by atoms with E-state index in [1.807, 2.05) is 32.0 Å². The van der Waals surface area contributed by atoms with Crippen molar-refractivity contribution in [3.05, 3.63) is 27.3 Å². The highest BCUT2D eigenvalue weighted by atomic mass is 127. The molecule has 0 spiro atoms. The molecule has 4 nitrogen and oxygen atoms in total. The summed E-state index contributed by atoms with van der Waals surface area (Å²) >= 11 is 7.23. The maximum absolute atomic E-state index is 5.47. The molecule has 0 fully saturated rings. The van der Waals surface area contributed by atoms with Crippen molar-refractivity contribution in [2.24, 2.45) is 5.10 Å². The van der Waals surface area contributed by atoms with Gasteiger partial charge in [-0.2, -0.15) is 5.10 Å². The lowest BCUT2D eigenvalue weighted by molar-refractivity contribution is 0.338. The summed E-state index contributed by atoms with van der Waals surface area (Å²) < 4.78 is 6.53. The third kappa shape index (κ3) is 5.18. The summed E-state index contributed by atoms with van der Waals surface area (Å²) in [6, 6.07) is 5.90. The lowest BCUT2D eigenvalue weighted by Gasteiger charge is -2.06. The third-order valence-corrected chi connectivity index (χ3v) is 3.05. The number of thiocarbonyl (C=S) groups is 1. The Morgan fingerprint density at radius 3 is 2.89 bits per heavy atom. The maximum atomic E-state index is 5.47. The molecular weight excluding hydrogens is 361 g/mol. The normalized spacial score (nSPS) is 10.4. The van der Waals surface area contributed by atoms with Gasteiger partial charge in [0, 0.05) is 6.54 Å². The van der Waals surface area contributed by atoms with E-state index in [1.54, 1.807) is 6.21 Å². The highest BCUT2D eigenvalue weighted by Gasteiger charge is 2.00. The molecule has 0 aliphatic rings. The molecule has 0 radical (unpaired) electrons. The van der Waals surface area contributed by atoms with E-state index >= 15 is 0 Å². The minimum atomic E-state index is 0.523. The number of hydrazone groups is 1. The van der Waals surface area contributed by atoms with Gasteiger partial charge in [0.2, 0.25) is 0 Å². The molecule has 0 saturated carbocycles. The minimum Gasteiger partial charge on any atom is -0.493 e. The van der Waals surface area contributed by atoms with Crippen molar-refractivity contribution < 1.29 is 4.74 Å². The van der Waals surface area contributed by atoms with Crippen LogP contribution in [0.1, 0.15) is 19.4 Å². The monoisotopic (exact) mass is 377 g/mol. The van der Waals surface area contributed by atoms with Crippen molar-refractivity contribution in [2.45, 2.75) is 13.8 Å². The molecule has 0 saturated heterocycles. The summed E-state index contributed by atoms with van der Waals surface area (Å²) in [5, 5.41) is 7.53. The summed E-state index contributed by atoms with van der Waals surface area (Å²) in [6.45, 7) is 5.40. The predicted octanol–water partition coefficient (Wildman–Crippen LogP) is 2.51.